The molecule has 140 valence electrons. The number of carbonyl (C=O) groups is 1. The molecule has 3 aromatic rings. The average Bonchev–Trinajstić information content (AvgIpc) is 3.06. The van der Waals surface area contributed by atoms with Crippen LogP contribution in [-0.2, 0) is 4.79 Å². The van der Waals surface area contributed by atoms with E-state index in [0.29, 0.717) is 5.89 Å². The number of carbonyl (C=O) groups excluding carboxylic acids is 1. The lowest BCUT2D eigenvalue weighted by Crippen LogP contribution is -2.23. The lowest BCUT2D eigenvalue weighted by molar-refractivity contribution is -0.115. The largest absolute Gasteiger partial charge is 0.411 e. The Morgan fingerprint density at radius 2 is 1.74 bits per heavy atom. The molecule has 0 aliphatic carbocycles. The van der Waals surface area contributed by atoms with E-state index in [4.69, 9.17) is 4.42 Å². The number of nitrogens with one attached hydrogen (secondary N) is 1. The number of para-hydroxylation sites is 1. The summed E-state index contributed by atoms with van der Waals surface area (Å²) in [6.07, 6.45) is 0. The highest BCUT2D eigenvalue weighted by atomic mass is 32.2. The van der Waals surface area contributed by atoms with Gasteiger partial charge in [0.15, 0.2) is 0 Å². The van der Waals surface area contributed by atoms with Gasteiger partial charge in [-0.1, -0.05) is 35.0 Å². The molecule has 0 saturated carbocycles. The minimum absolute atomic E-state index is 0.195. The maximum Gasteiger partial charge on any atom is 0.277 e. The monoisotopic (exact) mass is 389 g/mol. The van der Waals surface area contributed by atoms with Gasteiger partial charge in [-0.3, -0.25) is 4.79 Å². The number of aryl methyl sites for hydroxylation is 2. The van der Waals surface area contributed by atoms with Gasteiger partial charge >= 0.3 is 0 Å². The van der Waals surface area contributed by atoms with E-state index < -0.39 is 28.5 Å². The van der Waals surface area contributed by atoms with Crippen molar-refractivity contribution in [2.45, 2.75) is 31.2 Å². The number of rotatable bonds is 5. The highest BCUT2D eigenvalue weighted by Crippen LogP contribution is 2.28. The zero-order valence-corrected chi connectivity index (χ0v) is 15.7. The van der Waals surface area contributed by atoms with Crippen LogP contribution in [0, 0.1) is 25.5 Å². The first-order chi connectivity index (χ1) is 12.8. The molecule has 1 unspecified atom stereocenters. The quantitative estimate of drug-likeness (QED) is 0.638. The predicted molar refractivity (Wildman–Crippen MR) is 99.5 cm³/mol. The normalized spacial score (nSPS) is 12.0. The Labute approximate surface area is 159 Å². The molecule has 0 saturated heterocycles. The van der Waals surface area contributed by atoms with Crippen LogP contribution in [0.1, 0.15) is 18.1 Å². The molecule has 1 aromatic heterocycles. The molecule has 0 spiro atoms. The van der Waals surface area contributed by atoms with E-state index in [-0.39, 0.29) is 5.22 Å². The van der Waals surface area contributed by atoms with Crippen LogP contribution in [0.2, 0.25) is 0 Å². The third-order valence-electron chi connectivity index (χ3n) is 3.73. The minimum Gasteiger partial charge on any atom is -0.411 e. The summed E-state index contributed by atoms with van der Waals surface area (Å²) in [5.74, 6) is -1.90. The summed E-state index contributed by atoms with van der Waals surface area (Å²) in [6, 6.07) is 9.25. The van der Waals surface area contributed by atoms with Gasteiger partial charge in [-0.2, -0.15) is 0 Å². The van der Waals surface area contributed by atoms with Crippen LogP contribution < -0.4 is 5.32 Å². The Bertz CT molecular complexity index is 950. The summed E-state index contributed by atoms with van der Waals surface area (Å²) in [5, 5.41) is 9.69. The second kappa shape index (κ2) is 7.87. The number of aromatic nitrogens is 2. The maximum atomic E-state index is 13.7. The molecule has 2 aromatic carbocycles. The van der Waals surface area contributed by atoms with Crippen molar-refractivity contribution in [3.8, 4) is 11.5 Å². The summed E-state index contributed by atoms with van der Waals surface area (Å²) in [4.78, 5) is 12.2. The number of benzene rings is 2. The fourth-order valence-electron chi connectivity index (χ4n) is 2.52. The maximum absolute atomic E-state index is 13.7. The van der Waals surface area contributed by atoms with Crippen LogP contribution in [0.25, 0.3) is 11.5 Å². The molecule has 0 aliphatic rings. The van der Waals surface area contributed by atoms with Gasteiger partial charge in [0.25, 0.3) is 5.22 Å². The van der Waals surface area contributed by atoms with Crippen molar-refractivity contribution in [2.24, 2.45) is 0 Å². The van der Waals surface area contributed by atoms with Crippen LogP contribution in [0.3, 0.4) is 0 Å². The standard InChI is InChI=1S/C19H17F2N3O2S/c1-10-7-11(2)9-13(8-10)18-23-24-19(26-18)27-12(3)17(25)22-16-14(20)5-4-6-15(16)21/h4-9,12H,1-3H3,(H,22,25). The van der Waals surface area contributed by atoms with E-state index in [1.807, 2.05) is 32.0 Å². The first-order valence-corrected chi connectivity index (χ1v) is 9.05. The SMILES string of the molecule is Cc1cc(C)cc(-c2nnc(SC(C)C(=O)Nc3c(F)cccc3F)o2)c1. The van der Waals surface area contributed by atoms with E-state index in [1.165, 1.54) is 6.07 Å². The molecule has 0 bridgehead atoms. The fourth-order valence-corrected chi connectivity index (χ4v) is 3.20. The summed E-state index contributed by atoms with van der Waals surface area (Å²) in [6.45, 7) is 5.52. The molecular weight excluding hydrogens is 372 g/mol. The molecule has 0 aliphatic heterocycles. The van der Waals surface area contributed by atoms with E-state index in [2.05, 4.69) is 15.5 Å². The van der Waals surface area contributed by atoms with Gasteiger partial charge in [0, 0.05) is 5.56 Å². The van der Waals surface area contributed by atoms with Gasteiger partial charge in [0.2, 0.25) is 11.8 Å². The Morgan fingerprint density at radius 3 is 2.37 bits per heavy atom. The lowest BCUT2D eigenvalue weighted by atomic mass is 10.1. The molecule has 1 heterocycles. The Balaban J connectivity index is 1.70. The average molecular weight is 389 g/mol. The zero-order valence-electron chi connectivity index (χ0n) is 14.9. The van der Waals surface area contributed by atoms with Crippen LogP contribution in [0.5, 0.6) is 0 Å². The molecule has 3 rings (SSSR count). The third kappa shape index (κ3) is 4.51. The van der Waals surface area contributed by atoms with Crippen molar-refractivity contribution in [3.63, 3.8) is 0 Å². The molecule has 1 atom stereocenters. The number of nitrogens with zero attached hydrogens (tertiary/aromatic N) is 2. The number of halogens is 2. The number of amides is 1. The molecule has 1 N–H and O–H groups in total. The van der Waals surface area contributed by atoms with E-state index in [9.17, 15) is 13.6 Å². The van der Waals surface area contributed by atoms with Crippen LogP contribution in [0.4, 0.5) is 14.5 Å². The Morgan fingerprint density at radius 1 is 1.11 bits per heavy atom. The molecule has 27 heavy (non-hydrogen) atoms. The van der Waals surface area contributed by atoms with Gasteiger partial charge in [-0.25, -0.2) is 8.78 Å². The number of hydrogen-bond donors (Lipinski definition) is 1. The van der Waals surface area contributed by atoms with Crippen LogP contribution in [-0.4, -0.2) is 21.4 Å². The summed E-state index contributed by atoms with van der Waals surface area (Å²) in [5.41, 5.74) is 2.45. The van der Waals surface area contributed by atoms with Crippen molar-refractivity contribution in [2.75, 3.05) is 5.32 Å². The smallest absolute Gasteiger partial charge is 0.277 e. The number of hydrogen-bond acceptors (Lipinski definition) is 5. The van der Waals surface area contributed by atoms with Crippen molar-refractivity contribution >= 4 is 23.4 Å². The summed E-state index contributed by atoms with van der Waals surface area (Å²) in [7, 11) is 0. The third-order valence-corrected chi connectivity index (χ3v) is 4.67. The van der Waals surface area contributed by atoms with Gasteiger partial charge < -0.3 is 9.73 Å². The fraction of sp³-hybridized carbons (Fsp3) is 0.211. The second-order valence-electron chi connectivity index (χ2n) is 6.10. The highest BCUT2D eigenvalue weighted by Gasteiger charge is 2.21. The van der Waals surface area contributed by atoms with Crippen molar-refractivity contribution in [1.82, 2.24) is 10.2 Å². The van der Waals surface area contributed by atoms with Gasteiger partial charge in [-0.05, 0) is 45.0 Å². The molecule has 1 amide bonds. The first kappa shape index (κ1) is 19.0. The van der Waals surface area contributed by atoms with E-state index >= 15 is 0 Å². The van der Waals surface area contributed by atoms with Crippen molar-refractivity contribution in [1.29, 1.82) is 0 Å². The summed E-state index contributed by atoms with van der Waals surface area (Å²) >= 11 is 1.01. The number of anilines is 1. The van der Waals surface area contributed by atoms with Crippen molar-refractivity contribution < 1.29 is 18.0 Å². The van der Waals surface area contributed by atoms with E-state index in [0.717, 1.165) is 40.6 Å². The van der Waals surface area contributed by atoms with Gasteiger partial charge in [0.05, 0.1) is 5.25 Å². The van der Waals surface area contributed by atoms with Gasteiger partial charge in [-0.15, -0.1) is 10.2 Å². The second-order valence-corrected chi connectivity index (χ2v) is 7.39. The first-order valence-electron chi connectivity index (χ1n) is 8.17. The molecule has 0 fully saturated rings. The minimum atomic E-state index is -0.838. The van der Waals surface area contributed by atoms with Crippen molar-refractivity contribution in [3.05, 3.63) is 59.2 Å². The molecular formula is C19H17F2N3O2S. The predicted octanol–water partition coefficient (Wildman–Crippen LogP) is 4.75. The summed E-state index contributed by atoms with van der Waals surface area (Å²) < 4.78 is 32.9. The van der Waals surface area contributed by atoms with Gasteiger partial charge in [0.1, 0.15) is 17.3 Å². The van der Waals surface area contributed by atoms with Crippen LogP contribution in [0.15, 0.2) is 46.0 Å². The Kier molecular flexibility index (Phi) is 5.55. The highest BCUT2D eigenvalue weighted by molar-refractivity contribution is 8.00. The Hall–Kier alpha value is -2.74. The van der Waals surface area contributed by atoms with E-state index in [1.54, 1.807) is 6.92 Å². The topological polar surface area (TPSA) is 68.0 Å². The molecule has 8 heteroatoms. The lowest BCUT2D eigenvalue weighted by Gasteiger charge is -2.11. The molecule has 5 nitrogen and oxygen atoms in total. The van der Waals surface area contributed by atoms with Crippen LogP contribution >= 0.6 is 11.8 Å². The number of thioether (sulfide) groups is 1. The zero-order chi connectivity index (χ0) is 19.6. The molecule has 0 radical (unpaired) electrons.